The Morgan fingerprint density at radius 1 is 1.56 bits per heavy atom. The Morgan fingerprint density at radius 3 is 2.78 bits per heavy atom. The first-order chi connectivity index (χ1) is 8.35. The number of carbonyl (C=O) groups is 1. The van der Waals surface area contributed by atoms with E-state index in [-0.39, 0.29) is 11.8 Å². The lowest BCUT2D eigenvalue weighted by Crippen LogP contribution is -2.46. The molecule has 0 aromatic rings. The molecule has 0 aliphatic carbocycles. The molecule has 2 unspecified atom stereocenters. The highest BCUT2D eigenvalue weighted by Gasteiger charge is 2.32. The van der Waals surface area contributed by atoms with Gasteiger partial charge in [-0.15, -0.1) is 0 Å². The smallest absolute Gasteiger partial charge is 0.303 e. The van der Waals surface area contributed by atoms with Crippen LogP contribution >= 0.6 is 0 Å². The Morgan fingerprint density at radius 2 is 2.22 bits per heavy atom. The number of nitrogens with one attached hydrogen (secondary N) is 1. The summed E-state index contributed by atoms with van der Waals surface area (Å²) in [5, 5.41) is 12.3. The molecule has 18 heavy (non-hydrogen) atoms. The Hall–Kier alpha value is -0.610. The number of hydrogen-bond acceptors (Lipinski definition) is 3. The van der Waals surface area contributed by atoms with Gasteiger partial charge in [0.1, 0.15) is 0 Å². The molecule has 1 rings (SSSR count). The molecule has 2 atom stereocenters. The van der Waals surface area contributed by atoms with Gasteiger partial charge in [-0.25, -0.2) is 0 Å². The van der Waals surface area contributed by atoms with E-state index in [0.717, 1.165) is 32.5 Å². The molecule has 1 heterocycles. The highest BCUT2D eigenvalue weighted by Crippen LogP contribution is 2.24. The summed E-state index contributed by atoms with van der Waals surface area (Å²) in [5.74, 6) is -0.692. The summed E-state index contributed by atoms with van der Waals surface area (Å²) in [6, 6.07) is 0.862. The molecule has 0 saturated carbocycles. The highest BCUT2D eigenvalue weighted by molar-refractivity contribution is 5.66. The summed E-state index contributed by atoms with van der Waals surface area (Å²) < 4.78 is 0. The maximum absolute atomic E-state index is 10.8. The molecular formula is C14H28N2O2. The fourth-order valence-corrected chi connectivity index (χ4v) is 2.68. The van der Waals surface area contributed by atoms with Crippen LogP contribution in [-0.4, -0.2) is 47.7 Å². The summed E-state index contributed by atoms with van der Waals surface area (Å²) in [4.78, 5) is 13.3. The summed E-state index contributed by atoms with van der Waals surface area (Å²) in [6.07, 6.45) is 2.11. The van der Waals surface area contributed by atoms with Crippen LogP contribution in [0, 0.1) is 5.41 Å². The Labute approximate surface area is 111 Å². The summed E-state index contributed by atoms with van der Waals surface area (Å²) in [6.45, 7) is 11.9. The number of hydrogen-bond donors (Lipinski definition) is 2. The second kappa shape index (κ2) is 6.53. The quantitative estimate of drug-likeness (QED) is 0.789. The SMILES string of the molecule is CCC(C)N1CC(C)(C)CNCC1CCC(=O)O. The topological polar surface area (TPSA) is 52.6 Å². The van der Waals surface area contributed by atoms with Gasteiger partial charge < -0.3 is 10.4 Å². The Balaban J connectivity index is 2.73. The lowest BCUT2D eigenvalue weighted by Gasteiger charge is -2.38. The maximum atomic E-state index is 10.8. The van der Waals surface area contributed by atoms with Crippen molar-refractivity contribution >= 4 is 5.97 Å². The minimum atomic E-state index is -0.692. The van der Waals surface area contributed by atoms with E-state index in [0.29, 0.717) is 12.1 Å². The lowest BCUT2D eigenvalue weighted by atomic mass is 9.92. The number of nitrogens with zero attached hydrogens (tertiary/aromatic N) is 1. The van der Waals surface area contributed by atoms with Crippen molar-refractivity contribution in [2.75, 3.05) is 19.6 Å². The molecule has 2 N–H and O–H groups in total. The number of carboxylic acid groups (broad SMARTS) is 1. The lowest BCUT2D eigenvalue weighted by molar-refractivity contribution is -0.137. The van der Waals surface area contributed by atoms with Gasteiger partial charge >= 0.3 is 5.97 Å². The maximum Gasteiger partial charge on any atom is 0.303 e. The second-order valence-electron chi connectivity index (χ2n) is 6.31. The van der Waals surface area contributed by atoms with Crippen LogP contribution in [0.25, 0.3) is 0 Å². The molecular weight excluding hydrogens is 228 g/mol. The van der Waals surface area contributed by atoms with Crippen LogP contribution in [0.2, 0.25) is 0 Å². The minimum absolute atomic E-state index is 0.251. The normalized spacial score (nSPS) is 26.6. The van der Waals surface area contributed by atoms with Crippen LogP contribution in [0.15, 0.2) is 0 Å². The van der Waals surface area contributed by atoms with E-state index in [4.69, 9.17) is 5.11 Å². The summed E-state index contributed by atoms with van der Waals surface area (Å²) >= 11 is 0. The average molecular weight is 256 g/mol. The van der Waals surface area contributed by atoms with Gasteiger partial charge in [0.15, 0.2) is 0 Å². The molecule has 0 aromatic carbocycles. The highest BCUT2D eigenvalue weighted by atomic mass is 16.4. The van der Waals surface area contributed by atoms with Gasteiger partial charge in [0.25, 0.3) is 0 Å². The van der Waals surface area contributed by atoms with E-state index in [9.17, 15) is 4.79 Å². The van der Waals surface area contributed by atoms with Crippen molar-refractivity contribution in [2.45, 2.75) is 59.0 Å². The third kappa shape index (κ3) is 4.58. The molecule has 0 amide bonds. The Kier molecular flexibility index (Phi) is 5.60. The molecule has 1 fully saturated rings. The predicted molar refractivity (Wildman–Crippen MR) is 73.8 cm³/mol. The molecule has 0 bridgehead atoms. The first-order valence-electron chi connectivity index (χ1n) is 7.04. The summed E-state index contributed by atoms with van der Waals surface area (Å²) in [5.41, 5.74) is 0.251. The molecule has 0 spiro atoms. The van der Waals surface area contributed by atoms with Gasteiger partial charge in [0.2, 0.25) is 0 Å². The van der Waals surface area contributed by atoms with Crippen LogP contribution in [0.4, 0.5) is 0 Å². The van der Waals surface area contributed by atoms with Crippen molar-refractivity contribution in [2.24, 2.45) is 5.41 Å². The monoisotopic (exact) mass is 256 g/mol. The minimum Gasteiger partial charge on any atom is -0.481 e. The molecule has 4 heteroatoms. The van der Waals surface area contributed by atoms with Crippen LogP contribution in [-0.2, 0) is 4.79 Å². The molecule has 4 nitrogen and oxygen atoms in total. The van der Waals surface area contributed by atoms with E-state index in [1.807, 2.05) is 0 Å². The predicted octanol–water partition coefficient (Wildman–Crippen LogP) is 1.95. The largest absolute Gasteiger partial charge is 0.481 e. The van der Waals surface area contributed by atoms with Crippen LogP contribution < -0.4 is 5.32 Å². The fraction of sp³-hybridized carbons (Fsp3) is 0.929. The van der Waals surface area contributed by atoms with E-state index in [2.05, 4.69) is 37.9 Å². The van der Waals surface area contributed by atoms with Gasteiger partial charge in [-0.3, -0.25) is 9.69 Å². The zero-order chi connectivity index (χ0) is 13.8. The van der Waals surface area contributed by atoms with Gasteiger partial charge in [0.05, 0.1) is 0 Å². The van der Waals surface area contributed by atoms with Crippen molar-refractivity contribution < 1.29 is 9.90 Å². The van der Waals surface area contributed by atoms with Gasteiger partial charge in [0, 0.05) is 38.1 Å². The fourth-order valence-electron chi connectivity index (χ4n) is 2.68. The van der Waals surface area contributed by atoms with Crippen LogP contribution in [0.1, 0.15) is 47.0 Å². The zero-order valence-corrected chi connectivity index (χ0v) is 12.2. The Bertz CT molecular complexity index is 279. The van der Waals surface area contributed by atoms with Crippen molar-refractivity contribution in [3.8, 4) is 0 Å². The molecule has 1 saturated heterocycles. The second-order valence-corrected chi connectivity index (χ2v) is 6.31. The van der Waals surface area contributed by atoms with E-state index in [1.54, 1.807) is 0 Å². The van der Waals surface area contributed by atoms with Crippen molar-refractivity contribution in [1.29, 1.82) is 0 Å². The average Bonchev–Trinajstić information content (AvgIpc) is 2.43. The van der Waals surface area contributed by atoms with Gasteiger partial charge in [-0.05, 0) is 25.2 Å². The van der Waals surface area contributed by atoms with Gasteiger partial charge in [-0.2, -0.15) is 0 Å². The van der Waals surface area contributed by atoms with Crippen molar-refractivity contribution in [3.05, 3.63) is 0 Å². The first kappa shape index (κ1) is 15.4. The van der Waals surface area contributed by atoms with E-state index >= 15 is 0 Å². The third-order valence-electron chi connectivity index (χ3n) is 3.91. The summed E-state index contributed by atoms with van der Waals surface area (Å²) in [7, 11) is 0. The molecule has 0 radical (unpaired) electrons. The number of carboxylic acids is 1. The molecule has 106 valence electrons. The van der Waals surface area contributed by atoms with Crippen LogP contribution in [0.5, 0.6) is 0 Å². The standard InChI is InChI=1S/C14H28N2O2/c1-5-11(2)16-10-14(3,4)9-15-8-12(16)6-7-13(17)18/h11-12,15H,5-10H2,1-4H3,(H,17,18). The van der Waals surface area contributed by atoms with E-state index < -0.39 is 5.97 Å². The first-order valence-corrected chi connectivity index (χ1v) is 7.04. The third-order valence-corrected chi connectivity index (χ3v) is 3.91. The van der Waals surface area contributed by atoms with E-state index in [1.165, 1.54) is 0 Å². The molecule has 0 aromatic heterocycles. The number of rotatable bonds is 5. The molecule has 1 aliphatic heterocycles. The number of aliphatic carboxylic acids is 1. The molecule has 1 aliphatic rings. The van der Waals surface area contributed by atoms with Crippen molar-refractivity contribution in [1.82, 2.24) is 10.2 Å². The van der Waals surface area contributed by atoms with Crippen molar-refractivity contribution in [3.63, 3.8) is 0 Å². The van der Waals surface area contributed by atoms with Crippen LogP contribution in [0.3, 0.4) is 0 Å². The zero-order valence-electron chi connectivity index (χ0n) is 12.2. The van der Waals surface area contributed by atoms with Gasteiger partial charge in [-0.1, -0.05) is 20.8 Å².